The van der Waals surface area contributed by atoms with Gasteiger partial charge in [-0.2, -0.15) is 15.2 Å². The topological polar surface area (TPSA) is 132 Å². The number of hydrogen-bond acceptors (Lipinski definition) is 8. The summed E-state index contributed by atoms with van der Waals surface area (Å²) in [6.07, 6.45) is 0.771. The van der Waals surface area contributed by atoms with Gasteiger partial charge in [-0.05, 0) is 26.0 Å². The predicted octanol–water partition coefficient (Wildman–Crippen LogP) is 1.79. The van der Waals surface area contributed by atoms with Crippen LogP contribution in [0.2, 0.25) is 0 Å². The minimum absolute atomic E-state index is 0.103. The number of imidazole rings is 1. The number of nitrogens with zero attached hydrogens (tertiary/aromatic N) is 5. The van der Waals surface area contributed by atoms with Gasteiger partial charge in [0.15, 0.2) is 17.0 Å². The molecule has 0 fully saturated rings. The number of benzene rings is 1. The second-order valence-corrected chi connectivity index (χ2v) is 6.31. The van der Waals surface area contributed by atoms with Crippen molar-refractivity contribution in [2.75, 3.05) is 23.8 Å². The number of nitrogens with one attached hydrogen (secondary N) is 2. The summed E-state index contributed by atoms with van der Waals surface area (Å²) < 4.78 is 1.91. The van der Waals surface area contributed by atoms with Crippen LogP contribution >= 0.6 is 0 Å². The molecule has 9 nitrogen and oxygen atoms in total. The van der Waals surface area contributed by atoms with Gasteiger partial charge in [-0.25, -0.2) is 4.98 Å². The van der Waals surface area contributed by atoms with Gasteiger partial charge in [0.1, 0.15) is 6.07 Å². The molecule has 0 saturated heterocycles. The molecule has 0 aliphatic carbocycles. The van der Waals surface area contributed by atoms with E-state index in [-0.39, 0.29) is 25.1 Å². The van der Waals surface area contributed by atoms with E-state index in [1.54, 1.807) is 24.5 Å². The molecule has 1 aromatic carbocycles. The fourth-order valence-corrected chi connectivity index (χ4v) is 2.55. The highest BCUT2D eigenvalue weighted by Crippen LogP contribution is 2.27. The molecule has 0 amide bonds. The molecule has 0 radical (unpaired) electrons. The number of anilines is 3. The molecule has 0 saturated carbocycles. The van der Waals surface area contributed by atoms with E-state index in [1.807, 2.05) is 24.5 Å². The molecular formula is C18H21N7O2. The van der Waals surface area contributed by atoms with Crippen molar-refractivity contribution < 1.29 is 10.2 Å². The zero-order chi connectivity index (χ0) is 19.4. The molecule has 0 aliphatic heterocycles. The van der Waals surface area contributed by atoms with E-state index < -0.39 is 6.10 Å². The average Bonchev–Trinajstić information content (AvgIpc) is 3.11. The van der Waals surface area contributed by atoms with Crippen molar-refractivity contribution in [1.82, 2.24) is 19.5 Å². The number of para-hydroxylation sites is 1. The van der Waals surface area contributed by atoms with Crippen LogP contribution in [0.3, 0.4) is 0 Å². The summed E-state index contributed by atoms with van der Waals surface area (Å²) in [7, 11) is 0. The van der Waals surface area contributed by atoms with Gasteiger partial charge in [0.2, 0.25) is 5.95 Å². The third-order valence-corrected chi connectivity index (χ3v) is 3.98. The highest BCUT2D eigenvalue weighted by Gasteiger charge is 2.16. The Hall–Kier alpha value is -3.22. The van der Waals surface area contributed by atoms with Crippen molar-refractivity contribution in [2.24, 2.45) is 0 Å². The van der Waals surface area contributed by atoms with Crippen LogP contribution in [-0.2, 0) is 0 Å². The summed E-state index contributed by atoms with van der Waals surface area (Å²) in [5.74, 6) is 0.734. The fourth-order valence-electron chi connectivity index (χ4n) is 2.55. The van der Waals surface area contributed by atoms with Crippen molar-refractivity contribution >= 4 is 28.6 Å². The van der Waals surface area contributed by atoms with E-state index in [0.29, 0.717) is 28.2 Å². The van der Waals surface area contributed by atoms with Gasteiger partial charge in [0.05, 0.1) is 30.3 Å². The summed E-state index contributed by atoms with van der Waals surface area (Å²) in [5.41, 5.74) is 2.29. The highest BCUT2D eigenvalue weighted by atomic mass is 16.3. The molecule has 0 bridgehead atoms. The predicted molar refractivity (Wildman–Crippen MR) is 102 cm³/mol. The molecule has 3 rings (SSSR count). The lowest BCUT2D eigenvalue weighted by molar-refractivity contribution is 0.105. The lowest BCUT2D eigenvalue weighted by atomic mass is 10.2. The van der Waals surface area contributed by atoms with Crippen LogP contribution < -0.4 is 10.6 Å². The Labute approximate surface area is 156 Å². The van der Waals surface area contributed by atoms with E-state index in [0.717, 1.165) is 0 Å². The van der Waals surface area contributed by atoms with Gasteiger partial charge in [-0.3, -0.25) is 0 Å². The number of fused-ring (bicyclic) bond motifs is 1. The standard InChI is InChI=1S/C18H21N7O2/c1-11(2)25-10-21-15-16(22-14-6-4-3-5-12(14)7-19)23-18(24-17(15)25)20-8-13(27)9-26/h3-6,10-11,13,26-27H,8-9H2,1-2H3,(H2,20,22,23,24). The van der Waals surface area contributed by atoms with Gasteiger partial charge in [-0.1, -0.05) is 12.1 Å². The van der Waals surface area contributed by atoms with Crippen LogP contribution in [-0.4, -0.2) is 49.0 Å². The third kappa shape index (κ3) is 3.97. The molecule has 2 heterocycles. The summed E-state index contributed by atoms with van der Waals surface area (Å²) >= 11 is 0. The number of aliphatic hydroxyl groups excluding tert-OH is 2. The molecule has 4 N–H and O–H groups in total. The van der Waals surface area contributed by atoms with E-state index in [2.05, 4.69) is 31.7 Å². The monoisotopic (exact) mass is 367 g/mol. The van der Waals surface area contributed by atoms with Crippen LogP contribution in [0.1, 0.15) is 25.5 Å². The summed E-state index contributed by atoms with van der Waals surface area (Å²) in [5, 5.41) is 33.9. The number of aliphatic hydroxyl groups is 2. The second-order valence-electron chi connectivity index (χ2n) is 6.31. The number of nitriles is 1. The quantitative estimate of drug-likeness (QED) is 0.497. The van der Waals surface area contributed by atoms with E-state index in [4.69, 9.17) is 5.11 Å². The summed E-state index contributed by atoms with van der Waals surface area (Å²) in [6.45, 7) is 3.78. The van der Waals surface area contributed by atoms with Gasteiger partial charge in [0, 0.05) is 12.6 Å². The molecule has 1 unspecified atom stereocenters. The molecule has 140 valence electrons. The second kappa shape index (κ2) is 7.99. The maximum Gasteiger partial charge on any atom is 0.226 e. The lowest BCUT2D eigenvalue weighted by Crippen LogP contribution is -2.24. The Morgan fingerprint density at radius 3 is 2.74 bits per heavy atom. The van der Waals surface area contributed by atoms with Crippen molar-refractivity contribution in [3.8, 4) is 6.07 Å². The average molecular weight is 367 g/mol. The smallest absolute Gasteiger partial charge is 0.226 e. The highest BCUT2D eigenvalue weighted by molar-refractivity contribution is 5.87. The molecule has 3 aromatic rings. The molecular weight excluding hydrogens is 346 g/mol. The minimum Gasteiger partial charge on any atom is -0.394 e. The minimum atomic E-state index is -0.921. The SMILES string of the molecule is CC(C)n1cnc2c(Nc3ccccc3C#N)nc(NCC(O)CO)nc21. The fraction of sp³-hybridized carbons (Fsp3) is 0.333. The lowest BCUT2D eigenvalue weighted by Gasteiger charge is -2.13. The maximum absolute atomic E-state index is 9.57. The largest absolute Gasteiger partial charge is 0.394 e. The Morgan fingerprint density at radius 2 is 2.04 bits per heavy atom. The summed E-state index contributed by atoms with van der Waals surface area (Å²) in [4.78, 5) is 13.3. The number of aromatic nitrogens is 4. The zero-order valence-corrected chi connectivity index (χ0v) is 15.1. The molecule has 27 heavy (non-hydrogen) atoms. The molecule has 0 spiro atoms. The van der Waals surface area contributed by atoms with Gasteiger partial charge < -0.3 is 25.4 Å². The van der Waals surface area contributed by atoms with Crippen LogP contribution in [0, 0.1) is 11.3 Å². The Kier molecular flexibility index (Phi) is 5.49. The zero-order valence-electron chi connectivity index (χ0n) is 15.1. The Bertz CT molecular complexity index is 977. The normalized spacial score (nSPS) is 12.1. The van der Waals surface area contributed by atoms with Gasteiger partial charge in [0.25, 0.3) is 0 Å². The van der Waals surface area contributed by atoms with Gasteiger partial charge >= 0.3 is 0 Å². The van der Waals surface area contributed by atoms with Crippen molar-refractivity contribution in [1.29, 1.82) is 5.26 Å². The third-order valence-electron chi connectivity index (χ3n) is 3.98. The van der Waals surface area contributed by atoms with Crippen LogP contribution in [0.25, 0.3) is 11.2 Å². The van der Waals surface area contributed by atoms with Crippen molar-refractivity contribution in [3.63, 3.8) is 0 Å². The van der Waals surface area contributed by atoms with Crippen LogP contribution in [0.5, 0.6) is 0 Å². The molecule has 1 atom stereocenters. The van der Waals surface area contributed by atoms with E-state index in [9.17, 15) is 10.4 Å². The Balaban J connectivity index is 2.05. The first-order chi connectivity index (χ1) is 13.0. The Morgan fingerprint density at radius 1 is 1.26 bits per heavy atom. The van der Waals surface area contributed by atoms with E-state index >= 15 is 0 Å². The molecule has 9 heteroatoms. The molecule has 0 aliphatic rings. The van der Waals surface area contributed by atoms with Crippen LogP contribution in [0.4, 0.5) is 17.5 Å². The summed E-state index contributed by atoms with van der Waals surface area (Å²) in [6, 6.07) is 9.39. The first kappa shape index (κ1) is 18.6. The first-order valence-corrected chi connectivity index (χ1v) is 8.57. The van der Waals surface area contributed by atoms with Crippen LogP contribution in [0.15, 0.2) is 30.6 Å². The van der Waals surface area contributed by atoms with Crippen molar-refractivity contribution in [3.05, 3.63) is 36.2 Å². The van der Waals surface area contributed by atoms with Gasteiger partial charge in [-0.15, -0.1) is 0 Å². The van der Waals surface area contributed by atoms with Crippen molar-refractivity contribution in [2.45, 2.75) is 26.0 Å². The number of rotatable bonds is 7. The number of hydrogen-bond donors (Lipinski definition) is 4. The van der Waals surface area contributed by atoms with E-state index in [1.165, 1.54) is 0 Å². The first-order valence-electron chi connectivity index (χ1n) is 8.57. The molecule has 2 aromatic heterocycles. The maximum atomic E-state index is 9.57.